The van der Waals surface area contributed by atoms with E-state index in [0.29, 0.717) is 24.5 Å². The molecule has 0 radical (unpaired) electrons. The van der Waals surface area contributed by atoms with Crippen LogP contribution < -0.4 is 15.0 Å². The number of anilines is 2. The van der Waals surface area contributed by atoms with E-state index in [9.17, 15) is 9.18 Å². The summed E-state index contributed by atoms with van der Waals surface area (Å²) in [6.07, 6.45) is 0. The molecule has 0 aromatic heterocycles. The minimum atomic E-state index is -0.438. The van der Waals surface area contributed by atoms with Gasteiger partial charge in [-0.25, -0.2) is 4.39 Å². The SMILES string of the molecule is CCN(C)c1cc(F)cc(C(=O)Nc2ccc(OCCN3CCOCC3)c3ccccc23)c1. The molecule has 0 saturated carbocycles. The van der Waals surface area contributed by atoms with Crippen molar-refractivity contribution in [3.8, 4) is 5.75 Å². The third kappa shape index (κ3) is 5.61. The molecule has 0 unspecified atom stereocenters. The molecular formula is C26H30FN3O3. The number of morpholine rings is 1. The first-order valence-corrected chi connectivity index (χ1v) is 11.3. The van der Waals surface area contributed by atoms with E-state index in [1.54, 1.807) is 6.07 Å². The van der Waals surface area contributed by atoms with Crippen molar-refractivity contribution in [1.82, 2.24) is 4.90 Å². The van der Waals surface area contributed by atoms with E-state index in [-0.39, 0.29) is 11.5 Å². The van der Waals surface area contributed by atoms with Gasteiger partial charge in [0.25, 0.3) is 5.91 Å². The largest absolute Gasteiger partial charge is 0.492 e. The molecule has 1 heterocycles. The molecular weight excluding hydrogens is 421 g/mol. The van der Waals surface area contributed by atoms with Crippen LogP contribution in [0.5, 0.6) is 5.75 Å². The molecule has 1 aliphatic rings. The number of rotatable bonds is 8. The van der Waals surface area contributed by atoms with Crippen LogP contribution in [0.4, 0.5) is 15.8 Å². The van der Waals surface area contributed by atoms with Crippen molar-refractivity contribution >= 4 is 28.1 Å². The molecule has 0 atom stereocenters. The summed E-state index contributed by atoms with van der Waals surface area (Å²) in [6.45, 7) is 7.47. The summed E-state index contributed by atoms with van der Waals surface area (Å²) < 4.78 is 25.6. The van der Waals surface area contributed by atoms with Gasteiger partial charge in [-0.1, -0.05) is 24.3 Å². The fraction of sp³-hybridized carbons (Fsp3) is 0.346. The first kappa shape index (κ1) is 23.0. The molecule has 0 aliphatic carbocycles. The van der Waals surface area contributed by atoms with Crippen LogP contribution in [0.15, 0.2) is 54.6 Å². The van der Waals surface area contributed by atoms with Crippen molar-refractivity contribution in [2.75, 3.05) is 63.3 Å². The predicted octanol–water partition coefficient (Wildman–Crippen LogP) is 4.40. The zero-order chi connectivity index (χ0) is 23.2. The Morgan fingerprint density at radius 2 is 1.88 bits per heavy atom. The Balaban J connectivity index is 1.51. The van der Waals surface area contributed by atoms with Gasteiger partial charge in [0.1, 0.15) is 18.2 Å². The molecule has 7 heteroatoms. The number of nitrogens with one attached hydrogen (secondary N) is 1. The Hall–Kier alpha value is -3.16. The van der Waals surface area contributed by atoms with Gasteiger partial charge in [0.2, 0.25) is 0 Å². The molecule has 1 N–H and O–H groups in total. The number of hydrogen-bond acceptors (Lipinski definition) is 5. The third-order valence-electron chi connectivity index (χ3n) is 5.96. The standard InChI is InChI=1S/C26H30FN3O3/c1-3-29(2)21-17-19(16-20(27)18-21)26(31)28-24-8-9-25(23-7-5-4-6-22(23)24)33-15-12-30-10-13-32-14-11-30/h4-9,16-18H,3,10-15H2,1-2H3,(H,28,31). The lowest BCUT2D eigenvalue weighted by Crippen LogP contribution is -2.38. The monoisotopic (exact) mass is 451 g/mol. The number of hydrogen-bond donors (Lipinski definition) is 1. The fourth-order valence-electron chi connectivity index (χ4n) is 3.92. The molecule has 3 aromatic carbocycles. The van der Waals surface area contributed by atoms with Gasteiger partial charge in [-0.3, -0.25) is 9.69 Å². The number of carbonyl (C=O) groups is 1. The van der Waals surface area contributed by atoms with Crippen LogP contribution >= 0.6 is 0 Å². The van der Waals surface area contributed by atoms with Gasteiger partial charge >= 0.3 is 0 Å². The lowest BCUT2D eigenvalue weighted by atomic mass is 10.1. The maximum Gasteiger partial charge on any atom is 0.255 e. The molecule has 174 valence electrons. The van der Waals surface area contributed by atoms with E-state index >= 15 is 0 Å². The Labute approximate surface area is 193 Å². The zero-order valence-electron chi connectivity index (χ0n) is 19.1. The highest BCUT2D eigenvalue weighted by Crippen LogP contribution is 2.32. The molecule has 1 fully saturated rings. The van der Waals surface area contributed by atoms with Crippen molar-refractivity contribution < 1.29 is 18.7 Å². The first-order chi connectivity index (χ1) is 16.0. The molecule has 6 nitrogen and oxygen atoms in total. The average molecular weight is 452 g/mol. The normalized spacial score (nSPS) is 14.3. The average Bonchev–Trinajstić information content (AvgIpc) is 2.85. The quantitative estimate of drug-likeness (QED) is 0.550. The topological polar surface area (TPSA) is 54.0 Å². The highest BCUT2D eigenvalue weighted by molar-refractivity contribution is 6.10. The number of nitrogens with zero attached hydrogens (tertiary/aromatic N) is 2. The third-order valence-corrected chi connectivity index (χ3v) is 5.96. The molecule has 1 amide bonds. The van der Waals surface area contributed by atoms with Crippen LogP contribution in [0.1, 0.15) is 17.3 Å². The number of fused-ring (bicyclic) bond motifs is 1. The summed E-state index contributed by atoms with van der Waals surface area (Å²) in [7, 11) is 1.86. The van der Waals surface area contributed by atoms with Crippen LogP contribution in [0.3, 0.4) is 0 Å². The van der Waals surface area contributed by atoms with Gasteiger partial charge in [-0.05, 0) is 37.3 Å². The van der Waals surface area contributed by atoms with Crippen LogP contribution in [0.2, 0.25) is 0 Å². The van der Waals surface area contributed by atoms with Gasteiger partial charge in [0, 0.05) is 60.9 Å². The summed E-state index contributed by atoms with van der Waals surface area (Å²) in [6, 6.07) is 15.9. The minimum Gasteiger partial charge on any atom is -0.492 e. The fourth-order valence-corrected chi connectivity index (χ4v) is 3.92. The van der Waals surface area contributed by atoms with E-state index in [2.05, 4.69) is 10.2 Å². The van der Waals surface area contributed by atoms with E-state index in [0.717, 1.165) is 49.4 Å². The first-order valence-electron chi connectivity index (χ1n) is 11.3. The lowest BCUT2D eigenvalue weighted by Gasteiger charge is -2.26. The molecule has 1 aliphatic heterocycles. The summed E-state index contributed by atoms with van der Waals surface area (Å²) in [4.78, 5) is 17.2. The van der Waals surface area contributed by atoms with E-state index in [4.69, 9.17) is 9.47 Å². The number of ether oxygens (including phenoxy) is 2. The molecule has 1 saturated heterocycles. The van der Waals surface area contributed by atoms with Crippen LogP contribution in [-0.4, -0.2) is 63.9 Å². The van der Waals surface area contributed by atoms with Gasteiger partial charge < -0.3 is 19.7 Å². The zero-order valence-corrected chi connectivity index (χ0v) is 19.1. The highest BCUT2D eigenvalue weighted by Gasteiger charge is 2.15. The lowest BCUT2D eigenvalue weighted by molar-refractivity contribution is 0.0323. The summed E-state index contributed by atoms with van der Waals surface area (Å²) in [5.41, 5.74) is 1.60. The summed E-state index contributed by atoms with van der Waals surface area (Å²) in [5, 5.41) is 4.74. The van der Waals surface area contributed by atoms with Gasteiger partial charge in [0.05, 0.1) is 13.2 Å². The van der Waals surface area contributed by atoms with Crippen molar-refractivity contribution in [2.45, 2.75) is 6.92 Å². The second-order valence-electron chi connectivity index (χ2n) is 8.13. The van der Waals surface area contributed by atoms with Gasteiger partial charge in [0.15, 0.2) is 0 Å². The number of halogens is 1. The van der Waals surface area contributed by atoms with Gasteiger partial charge in [-0.15, -0.1) is 0 Å². The second-order valence-corrected chi connectivity index (χ2v) is 8.13. The summed E-state index contributed by atoms with van der Waals surface area (Å²) in [5.74, 6) is -0.0207. The Morgan fingerprint density at radius 1 is 1.12 bits per heavy atom. The molecule has 0 bridgehead atoms. The maximum atomic E-state index is 14.1. The van der Waals surface area contributed by atoms with E-state index in [1.807, 2.05) is 55.3 Å². The number of amides is 1. The summed E-state index contributed by atoms with van der Waals surface area (Å²) >= 11 is 0. The molecule has 33 heavy (non-hydrogen) atoms. The van der Waals surface area contributed by atoms with Crippen molar-refractivity contribution in [3.63, 3.8) is 0 Å². The Morgan fingerprint density at radius 3 is 2.64 bits per heavy atom. The van der Waals surface area contributed by atoms with Crippen molar-refractivity contribution in [3.05, 3.63) is 66.0 Å². The van der Waals surface area contributed by atoms with Gasteiger partial charge in [-0.2, -0.15) is 0 Å². The predicted molar refractivity (Wildman–Crippen MR) is 130 cm³/mol. The minimum absolute atomic E-state index is 0.278. The number of carbonyl (C=O) groups excluding carboxylic acids is 1. The van der Waals surface area contributed by atoms with Crippen molar-refractivity contribution in [2.24, 2.45) is 0 Å². The Kier molecular flexibility index (Phi) is 7.42. The maximum absolute atomic E-state index is 14.1. The highest BCUT2D eigenvalue weighted by atomic mass is 19.1. The molecule has 3 aromatic rings. The van der Waals surface area contributed by atoms with E-state index < -0.39 is 5.82 Å². The number of benzene rings is 3. The van der Waals surface area contributed by atoms with Crippen LogP contribution in [0.25, 0.3) is 10.8 Å². The molecule has 4 rings (SSSR count). The van der Waals surface area contributed by atoms with Crippen LogP contribution in [-0.2, 0) is 4.74 Å². The van der Waals surface area contributed by atoms with Crippen LogP contribution in [0, 0.1) is 5.82 Å². The molecule has 0 spiro atoms. The Bertz CT molecular complexity index is 1120. The second kappa shape index (κ2) is 10.6. The smallest absolute Gasteiger partial charge is 0.255 e. The van der Waals surface area contributed by atoms with E-state index in [1.165, 1.54) is 12.1 Å². The van der Waals surface area contributed by atoms with Crippen molar-refractivity contribution in [1.29, 1.82) is 0 Å².